The standard InChI is InChI=1S/C59H38N4OS.C2H6/c1-3-14-35(15-4-1)57-60-58(38-28-29-44-43-19-8-10-26-52(43)64-53(44)34-38)62-59(61-57)63-51-25-9-7-18-42(51)46-22-13-23-47(55(46)63)50-32-39(31-40-33-49(40)50)36-16-11-17-37(30-36)41-21-12-24-48-45-20-5-2-6-27-54(45)65-56(41)48;1-2/h1,3-32,34,40,49H,2,33H2;1-2H3. The summed E-state index contributed by atoms with van der Waals surface area (Å²) in [7, 11) is 0. The van der Waals surface area contributed by atoms with E-state index < -0.39 is 0 Å². The van der Waals surface area contributed by atoms with Gasteiger partial charge in [-0.15, -0.1) is 11.3 Å². The van der Waals surface area contributed by atoms with Crippen LogP contribution in [-0.2, 0) is 0 Å². The second-order valence-electron chi connectivity index (χ2n) is 17.4. The summed E-state index contributed by atoms with van der Waals surface area (Å²) in [5.74, 6) is 2.71. The third-order valence-electron chi connectivity index (χ3n) is 13.6. The van der Waals surface area contributed by atoms with Crippen molar-refractivity contribution >= 4 is 88.5 Å². The van der Waals surface area contributed by atoms with E-state index in [1.807, 2.05) is 61.6 Å². The lowest BCUT2D eigenvalue weighted by Crippen LogP contribution is -2.08. The van der Waals surface area contributed by atoms with E-state index in [0.717, 1.165) is 62.3 Å². The quantitative estimate of drug-likeness (QED) is 0.167. The molecule has 1 saturated carbocycles. The molecule has 0 radical (unpaired) electrons. The first kappa shape index (κ1) is 39.4. The Bertz CT molecular complexity index is 3920. The van der Waals surface area contributed by atoms with Crippen molar-refractivity contribution in [3.63, 3.8) is 0 Å². The molecule has 0 amide bonds. The highest BCUT2D eigenvalue weighted by molar-refractivity contribution is 7.20. The number of nitrogens with zero attached hydrogens (tertiary/aromatic N) is 4. The van der Waals surface area contributed by atoms with Crippen molar-refractivity contribution in [2.45, 2.75) is 26.7 Å². The molecule has 67 heavy (non-hydrogen) atoms. The molecule has 1 fully saturated rings. The van der Waals surface area contributed by atoms with Crippen LogP contribution in [0.3, 0.4) is 0 Å². The first-order valence-electron chi connectivity index (χ1n) is 23.4. The highest BCUT2D eigenvalue weighted by atomic mass is 32.1. The number of rotatable bonds is 6. The number of furan rings is 1. The summed E-state index contributed by atoms with van der Waals surface area (Å²) >= 11 is 1.90. The number of allylic oxidation sites excluding steroid dienone is 6. The predicted molar refractivity (Wildman–Crippen MR) is 281 cm³/mol. The van der Waals surface area contributed by atoms with E-state index in [4.69, 9.17) is 19.4 Å². The van der Waals surface area contributed by atoms with Crippen LogP contribution in [0.5, 0.6) is 0 Å². The lowest BCUT2D eigenvalue weighted by atomic mass is 9.88. The summed E-state index contributed by atoms with van der Waals surface area (Å²) in [5, 5.41) is 5.82. The number of thiophene rings is 1. The normalized spacial score (nSPS) is 16.1. The maximum atomic E-state index is 6.36. The molecular formula is C61H44N4OS. The van der Waals surface area contributed by atoms with Crippen molar-refractivity contribution in [2.75, 3.05) is 0 Å². The fraction of sp³-hybridized carbons (Fsp3) is 0.0984. The molecule has 0 spiro atoms. The first-order valence-corrected chi connectivity index (χ1v) is 24.2. The van der Waals surface area contributed by atoms with Gasteiger partial charge in [0.15, 0.2) is 11.6 Å². The average molecular weight is 881 g/mol. The average Bonchev–Trinajstić information content (AvgIpc) is 3.91. The Labute approximate surface area is 392 Å². The minimum atomic E-state index is 0.444. The molecule has 320 valence electrons. The van der Waals surface area contributed by atoms with Gasteiger partial charge in [0.05, 0.1) is 11.0 Å². The van der Waals surface area contributed by atoms with Gasteiger partial charge in [0.2, 0.25) is 5.95 Å². The minimum absolute atomic E-state index is 0.444. The van der Waals surface area contributed by atoms with Crippen LogP contribution in [-0.4, -0.2) is 19.5 Å². The molecule has 2 atom stereocenters. The summed E-state index contributed by atoms with van der Waals surface area (Å²) in [6, 6.07) is 56.0. The Balaban J connectivity index is 0.00000220. The molecule has 3 aliphatic rings. The van der Waals surface area contributed by atoms with E-state index in [2.05, 4.69) is 162 Å². The smallest absolute Gasteiger partial charge is 0.238 e. The van der Waals surface area contributed by atoms with Crippen LogP contribution in [0.4, 0.5) is 0 Å². The van der Waals surface area contributed by atoms with Crippen LogP contribution in [0.15, 0.2) is 186 Å². The fourth-order valence-corrected chi connectivity index (χ4v) is 11.6. The molecule has 5 nitrogen and oxygen atoms in total. The highest BCUT2D eigenvalue weighted by Gasteiger charge is 2.42. The van der Waals surface area contributed by atoms with Gasteiger partial charge in [-0.05, 0) is 88.9 Å². The lowest BCUT2D eigenvalue weighted by molar-refractivity contribution is 0.669. The van der Waals surface area contributed by atoms with Gasteiger partial charge in [-0.3, -0.25) is 4.57 Å². The number of hydrogen-bond donors (Lipinski definition) is 0. The van der Waals surface area contributed by atoms with Gasteiger partial charge in [-0.25, -0.2) is 4.98 Å². The molecule has 2 unspecified atom stereocenters. The summed E-state index contributed by atoms with van der Waals surface area (Å²) < 4.78 is 9.98. The number of para-hydroxylation sites is 3. The van der Waals surface area contributed by atoms with E-state index in [0.29, 0.717) is 29.4 Å². The summed E-state index contributed by atoms with van der Waals surface area (Å²) in [6.45, 7) is 4.00. The van der Waals surface area contributed by atoms with Gasteiger partial charge in [-0.2, -0.15) is 9.97 Å². The maximum absolute atomic E-state index is 6.36. The zero-order chi connectivity index (χ0) is 44.6. The van der Waals surface area contributed by atoms with E-state index >= 15 is 0 Å². The van der Waals surface area contributed by atoms with Gasteiger partial charge in [0.1, 0.15) is 11.2 Å². The summed E-state index contributed by atoms with van der Waals surface area (Å²) in [4.78, 5) is 17.1. The van der Waals surface area contributed by atoms with Gasteiger partial charge >= 0.3 is 0 Å². The van der Waals surface area contributed by atoms with Crippen LogP contribution in [0.25, 0.3) is 117 Å². The molecule has 11 aromatic rings. The Morgan fingerprint density at radius 3 is 2.16 bits per heavy atom. The van der Waals surface area contributed by atoms with Crippen molar-refractivity contribution in [3.8, 4) is 39.9 Å². The zero-order valence-corrected chi connectivity index (χ0v) is 38.0. The Hall–Kier alpha value is -7.93. The Morgan fingerprint density at radius 1 is 0.567 bits per heavy atom. The second kappa shape index (κ2) is 15.9. The molecular weight excluding hydrogens is 837 g/mol. The van der Waals surface area contributed by atoms with Crippen LogP contribution in [0.1, 0.15) is 48.3 Å². The van der Waals surface area contributed by atoms with Gasteiger partial charge in [0, 0.05) is 58.8 Å². The summed E-state index contributed by atoms with van der Waals surface area (Å²) in [6.07, 6.45) is 16.2. The van der Waals surface area contributed by atoms with Crippen molar-refractivity contribution < 1.29 is 4.42 Å². The van der Waals surface area contributed by atoms with Crippen LogP contribution in [0, 0.1) is 11.8 Å². The summed E-state index contributed by atoms with van der Waals surface area (Å²) in [5.41, 5.74) is 14.6. The monoisotopic (exact) mass is 880 g/mol. The molecule has 3 aliphatic carbocycles. The molecule has 0 N–H and O–H groups in total. The second-order valence-corrected chi connectivity index (χ2v) is 18.5. The molecule has 4 aromatic heterocycles. The molecule has 0 aliphatic heterocycles. The first-order chi connectivity index (χ1) is 33.2. The SMILES string of the molecule is C1=Cc2sc3c(-c4cccc(C5=CC6CC6C(c6cccc7c8ccccc8n(-c8nc(-c9ccccc9)nc(-c9ccc%10c(c9)oc9ccccc9%10)n8)c67)=C5)c4)cccc3c2C=CC1.CC. The number of benzene rings is 7. The highest BCUT2D eigenvalue weighted by Crippen LogP contribution is 2.55. The molecule has 6 heteroatoms. The number of aromatic nitrogens is 4. The van der Waals surface area contributed by atoms with E-state index in [-0.39, 0.29) is 0 Å². The molecule has 14 rings (SSSR count). The minimum Gasteiger partial charge on any atom is -0.456 e. The van der Waals surface area contributed by atoms with Gasteiger partial charge < -0.3 is 4.42 Å². The maximum Gasteiger partial charge on any atom is 0.238 e. The van der Waals surface area contributed by atoms with E-state index in [9.17, 15) is 0 Å². The predicted octanol–water partition coefficient (Wildman–Crippen LogP) is 16.7. The van der Waals surface area contributed by atoms with Crippen molar-refractivity contribution in [1.29, 1.82) is 0 Å². The third-order valence-corrected chi connectivity index (χ3v) is 14.8. The van der Waals surface area contributed by atoms with Crippen molar-refractivity contribution in [1.82, 2.24) is 19.5 Å². The molecule has 0 saturated heterocycles. The van der Waals surface area contributed by atoms with E-state index in [1.165, 1.54) is 59.3 Å². The van der Waals surface area contributed by atoms with Crippen molar-refractivity contribution in [3.05, 3.63) is 204 Å². The fourth-order valence-electron chi connectivity index (χ4n) is 10.4. The van der Waals surface area contributed by atoms with Gasteiger partial charge in [0.25, 0.3) is 0 Å². The van der Waals surface area contributed by atoms with E-state index in [1.54, 1.807) is 0 Å². The zero-order valence-electron chi connectivity index (χ0n) is 37.1. The number of hydrogen-bond acceptors (Lipinski definition) is 5. The van der Waals surface area contributed by atoms with Crippen LogP contribution in [0.2, 0.25) is 0 Å². The molecule has 0 bridgehead atoms. The lowest BCUT2D eigenvalue weighted by Gasteiger charge is -2.18. The molecule has 4 heterocycles. The van der Waals surface area contributed by atoms with Crippen molar-refractivity contribution in [2.24, 2.45) is 11.8 Å². The van der Waals surface area contributed by atoms with Crippen LogP contribution >= 0.6 is 11.3 Å². The van der Waals surface area contributed by atoms with Gasteiger partial charge in [-0.1, -0.05) is 172 Å². The third kappa shape index (κ3) is 6.54. The Morgan fingerprint density at radius 2 is 1.27 bits per heavy atom. The molecule has 7 aromatic carbocycles. The number of fused-ring (bicyclic) bond motifs is 10. The topological polar surface area (TPSA) is 56.7 Å². The van der Waals surface area contributed by atoms with Crippen LogP contribution < -0.4 is 0 Å². The Kier molecular flexibility index (Phi) is 9.36. The largest absolute Gasteiger partial charge is 0.456 e.